The first-order valence-electron chi connectivity index (χ1n) is 8.83. The normalized spacial score (nSPS) is 12.0. The third-order valence-corrected chi connectivity index (χ3v) is 4.44. The summed E-state index contributed by atoms with van der Waals surface area (Å²) in [5.41, 5.74) is 4.62. The van der Waals surface area contributed by atoms with Crippen molar-refractivity contribution < 1.29 is 0 Å². The summed E-state index contributed by atoms with van der Waals surface area (Å²) in [6.45, 7) is 0.780. The van der Waals surface area contributed by atoms with Crippen LogP contribution >= 0.6 is 0 Å². The predicted octanol–water partition coefficient (Wildman–Crippen LogP) is 4.96. The second-order valence-electron chi connectivity index (χ2n) is 6.26. The topological polar surface area (TPSA) is 40.7 Å². The molecule has 3 heteroatoms. The number of hydrogen-bond donors (Lipinski definition) is 2. The van der Waals surface area contributed by atoms with Gasteiger partial charge in [0, 0.05) is 6.54 Å². The van der Waals surface area contributed by atoms with Crippen LogP contribution in [0.4, 0.5) is 0 Å². The highest BCUT2D eigenvalue weighted by Gasteiger charge is 2.17. The lowest BCUT2D eigenvalue weighted by molar-refractivity contribution is 0.581. The zero-order chi connectivity index (χ0) is 17.6. The van der Waals surface area contributed by atoms with Crippen LogP contribution in [0.2, 0.25) is 0 Å². The van der Waals surface area contributed by atoms with E-state index in [0.29, 0.717) is 0 Å². The Bertz CT molecular complexity index is 931. The van der Waals surface area contributed by atoms with Gasteiger partial charge in [0.05, 0.1) is 17.9 Å². The van der Waals surface area contributed by atoms with E-state index in [0.717, 1.165) is 23.6 Å². The molecule has 0 radical (unpaired) electrons. The summed E-state index contributed by atoms with van der Waals surface area (Å²) >= 11 is 0. The number of aromatic nitrogens is 2. The average molecular weight is 339 g/mol. The lowest BCUT2D eigenvalue weighted by Crippen LogP contribution is -2.23. The average Bonchev–Trinajstić information content (AvgIpc) is 3.20. The molecule has 0 saturated heterocycles. The second-order valence-corrected chi connectivity index (χ2v) is 6.26. The standard InChI is InChI=1S/C23H21N3/c1-4-10-18(11-5-1)16-24-22(20-14-8-3-9-15-20)23-25-17-21(26-23)19-12-6-2-7-13-19/h1-15,17,22,24H,16H2,(H,25,26). The molecule has 2 N–H and O–H groups in total. The van der Waals surface area contributed by atoms with E-state index < -0.39 is 0 Å². The Balaban J connectivity index is 1.62. The molecule has 0 bridgehead atoms. The molecule has 3 aromatic carbocycles. The van der Waals surface area contributed by atoms with E-state index >= 15 is 0 Å². The van der Waals surface area contributed by atoms with Gasteiger partial charge in [-0.15, -0.1) is 0 Å². The quantitative estimate of drug-likeness (QED) is 0.521. The van der Waals surface area contributed by atoms with E-state index in [1.54, 1.807) is 0 Å². The molecule has 3 nitrogen and oxygen atoms in total. The molecular formula is C23H21N3. The van der Waals surface area contributed by atoms with Gasteiger partial charge in [-0.1, -0.05) is 91.0 Å². The number of hydrogen-bond acceptors (Lipinski definition) is 2. The highest BCUT2D eigenvalue weighted by molar-refractivity contribution is 5.58. The molecule has 0 saturated carbocycles. The van der Waals surface area contributed by atoms with E-state index in [4.69, 9.17) is 0 Å². The second kappa shape index (κ2) is 7.81. The van der Waals surface area contributed by atoms with Crippen molar-refractivity contribution in [1.82, 2.24) is 15.3 Å². The molecule has 0 spiro atoms. The molecule has 0 aliphatic carbocycles. The maximum Gasteiger partial charge on any atom is 0.128 e. The smallest absolute Gasteiger partial charge is 0.128 e. The van der Waals surface area contributed by atoms with E-state index in [9.17, 15) is 0 Å². The fourth-order valence-corrected chi connectivity index (χ4v) is 3.08. The van der Waals surface area contributed by atoms with Gasteiger partial charge in [0.1, 0.15) is 5.82 Å². The van der Waals surface area contributed by atoms with Crippen LogP contribution < -0.4 is 5.32 Å². The zero-order valence-corrected chi connectivity index (χ0v) is 14.5. The van der Waals surface area contributed by atoms with E-state index in [2.05, 4.69) is 75.9 Å². The van der Waals surface area contributed by atoms with Crippen molar-refractivity contribution in [3.63, 3.8) is 0 Å². The third-order valence-electron chi connectivity index (χ3n) is 4.44. The number of imidazole rings is 1. The monoisotopic (exact) mass is 339 g/mol. The summed E-state index contributed by atoms with van der Waals surface area (Å²) in [5.74, 6) is 0.922. The van der Waals surface area contributed by atoms with Crippen molar-refractivity contribution in [2.24, 2.45) is 0 Å². The predicted molar refractivity (Wildman–Crippen MR) is 106 cm³/mol. The maximum absolute atomic E-state index is 4.66. The molecule has 1 heterocycles. The Labute approximate surface area is 153 Å². The summed E-state index contributed by atoms with van der Waals surface area (Å²) in [4.78, 5) is 8.15. The largest absolute Gasteiger partial charge is 0.340 e. The van der Waals surface area contributed by atoms with Crippen LogP contribution in [0.1, 0.15) is 23.0 Å². The van der Waals surface area contributed by atoms with Gasteiger partial charge in [0.25, 0.3) is 0 Å². The number of rotatable bonds is 6. The van der Waals surface area contributed by atoms with Gasteiger partial charge < -0.3 is 4.98 Å². The van der Waals surface area contributed by atoms with E-state index in [1.165, 1.54) is 11.1 Å². The lowest BCUT2D eigenvalue weighted by atomic mass is 10.1. The molecule has 128 valence electrons. The maximum atomic E-state index is 4.66. The van der Waals surface area contributed by atoms with Gasteiger partial charge in [-0.05, 0) is 16.7 Å². The van der Waals surface area contributed by atoms with Crippen molar-refractivity contribution in [1.29, 1.82) is 0 Å². The highest BCUT2D eigenvalue weighted by Crippen LogP contribution is 2.23. The molecule has 1 aromatic heterocycles. The van der Waals surface area contributed by atoms with Crippen molar-refractivity contribution in [3.8, 4) is 11.3 Å². The Hall–Kier alpha value is -3.17. The van der Waals surface area contributed by atoms with Crippen LogP contribution in [0.15, 0.2) is 97.2 Å². The van der Waals surface area contributed by atoms with Crippen LogP contribution in [-0.4, -0.2) is 9.97 Å². The Morgan fingerprint density at radius 1 is 0.769 bits per heavy atom. The molecule has 0 aliphatic rings. The van der Waals surface area contributed by atoms with Crippen LogP contribution in [0.5, 0.6) is 0 Å². The van der Waals surface area contributed by atoms with E-state index in [1.807, 2.05) is 36.5 Å². The fourth-order valence-electron chi connectivity index (χ4n) is 3.08. The molecule has 1 atom stereocenters. The van der Waals surface area contributed by atoms with E-state index in [-0.39, 0.29) is 6.04 Å². The molecule has 0 aliphatic heterocycles. The van der Waals surface area contributed by atoms with Crippen molar-refractivity contribution >= 4 is 0 Å². The summed E-state index contributed by atoms with van der Waals surface area (Å²) in [6, 6.07) is 31.1. The van der Waals surface area contributed by atoms with Crippen LogP contribution in [0.25, 0.3) is 11.3 Å². The first-order valence-corrected chi connectivity index (χ1v) is 8.83. The summed E-state index contributed by atoms with van der Waals surface area (Å²) in [6.07, 6.45) is 1.91. The van der Waals surface area contributed by atoms with Crippen molar-refractivity contribution in [3.05, 3.63) is 114 Å². The Morgan fingerprint density at radius 2 is 1.38 bits per heavy atom. The fraction of sp³-hybridized carbons (Fsp3) is 0.0870. The van der Waals surface area contributed by atoms with Gasteiger partial charge in [-0.25, -0.2) is 4.98 Å². The third kappa shape index (κ3) is 3.73. The van der Waals surface area contributed by atoms with Gasteiger partial charge in [-0.3, -0.25) is 5.32 Å². The minimum Gasteiger partial charge on any atom is -0.340 e. The number of benzene rings is 3. The number of H-pyrrole nitrogens is 1. The summed E-state index contributed by atoms with van der Waals surface area (Å²) in [5, 5.41) is 3.64. The Kier molecular flexibility index (Phi) is 4.90. The molecule has 4 rings (SSSR count). The van der Waals surface area contributed by atoms with Crippen molar-refractivity contribution in [2.75, 3.05) is 0 Å². The molecule has 4 aromatic rings. The number of aromatic amines is 1. The van der Waals surface area contributed by atoms with Crippen LogP contribution in [-0.2, 0) is 6.54 Å². The lowest BCUT2D eigenvalue weighted by Gasteiger charge is -2.17. The van der Waals surface area contributed by atoms with Gasteiger partial charge in [-0.2, -0.15) is 0 Å². The SMILES string of the molecule is c1ccc(CNC(c2ccccc2)c2ncc(-c3ccccc3)[nH]2)cc1. The first kappa shape index (κ1) is 16.3. The molecule has 1 unspecified atom stereocenters. The van der Waals surface area contributed by atoms with Crippen LogP contribution in [0.3, 0.4) is 0 Å². The van der Waals surface area contributed by atoms with Gasteiger partial charge in [0.15, 0.2) is 0 Å². The summed E-state index contributed by atoms with van der Waals surface area (Å²) in [7, 11) is 0. The molecule has 0 amide bonds. The number of nitrogens with zero attached hydrogens (tertiary/aromatic N) is 1. The van der Waals surface area contributed by atoms with Gasteiger partial charge >= 0.3 is 0 Å². The van der Waals surface area contributed by atoms with Crippen LogP contribution in [0, 0.1) is 0 Å². The minimum atomic E-state index is 0.00821. The first-order chi connectivity index (χ1) is 12.9. The minimum absolute atomic E-state index is 0.00821. The summed E-state index contributed by atoms with van der Waals surface area (Å²) < 4.78 is 0. The van der Waals surface area contributed by atoms with Crippen molar-refractivity contribution in [2.45, 2.75) is 12.6 Å². The molecular weight excluding hydrogens is 318 g/mol. The zero-order valence-electron chi connectivity index (χ0n) is 14.5. The Morgan fingerprint density at radius 3 is 2.08 bits per heavy atom. The molecule has 26 heavy (non-hydrogen) atoms. The highest BCUT2D eigenvalue weighted by atomic mass is 15.0. The molecule has 0 fully saturated rings. The van der Waals surface area contributed by atoms with Gasteiger partial charge in [0.2, 0.25) is 0 Å². The number of nitrogens with one attached hydrogen (secondary N) is 2.